The van der Waals surface area contributed by atoms with Crippen LogP contribution < -0.4 is 0 Å². The van der Waals surface area contributed by atoms with Crippen molar-refractivity contribution in [1.82, 2.24) is 9.80 Å². The molecule has 2 aromatic rings. The maximum atomic E-state index is 12.9. The van der Waals surface area contributed by atoms with Crippen LogP contribution in [0.15, 0.2) is 42.5 Å². The molecule has 3 rings (SSSR count). The highest BCUT2D eigenvalue weighted by atomic mass is 16.1. The number of hydrogen-bond donors (Lipinski definition) is 0. The summed E-state index contributed by atoms with van der Waals surface area (Å²) in [5.74, 6) is 0.122. The minimum absolute atomic E-state index is 0.122. The monoisotopic (exact) mass is 322 g/mol. The Kier molecular flexibility index (Phi) is 5.12. The van der Waals surface area contributed by atoms with Crippen LogP contribution in [0.5, 0.6) is 0 Å². The van der Waals surface area contributed by atoms with Gasteiger partial charge in [0.1, 0.15) is 0 Å². The number of aryl methyl sites for hydroxylation is 2. The summed E-state index contributed by atoms with van der Waals surface area (Å²) in [6.07, 6.45) is 0. The molecule has 1 fully saturated rings. The number of piperazine rings is 1. The molecule has 126 valence electrons. The lowest BCUT2D eigenvalue weighted by Gasteiger charge is -2.32. The number of carbonyl (C=O) groups excluding carboxylic acids is 1. The minimum atomic E-state index is 0.122. The van der Waals surface area contributed by atoms with Gasteiger partial charge in [-0.1, -0.05) is 35.9 Å². The lowest BCUT2D eigenvalue weighted by atomic mass is 9.96. The van der Waals surface area contributed by atoms with Gasteiger partial charge in [0.15, 0.2) is 5.78 Å². The maximum absolute atomic E-state index is 12.9. The van der Waals surface area contributed by atoms with Gasteiger partial charge in [0.25, 0.3) is 0 Å². The second kappa shape index (κ2) is 7.29. The summed E-state index contributed by atoms with van der Waals surface area (Å²) in [6.45, 7) is 9.35. The first-order valence-corrected chi connectivity index (χ1v) is 8.65. The molecule has 0 N–H and O–H groups in total. The normalized spacial score (nSPS) is 16.3. The van der Waals surface area contributed by atoms with E-state index in [1.54, 1.807) is 0 Å². The molecule has 1 saturated heterocycles. The van der Waals surface area contributed by atoms with Crippen molar-refractivity contribution in [3.63, 3.8) is 0 Å². The maximum Gasteiger partial charge on any atom is 0.193 e. The predicted molar refractivity (Wildman–Crippen MR) is 98.6 cm³/mol. The van der Waals surface area contributed by atoms with E-state index in [9.17, 15) is 4.79 Å². The number of carbonyl (C=O) groups is 1. The SMILES string of the molecule is Cc1ccc(C)c(C(=O)c2cccc(CN3CCN(C)CC3)c2)c1. The first-order chi connectivity index (χ1) is 11.5. The van der Waals surface area contributed by atoms with Crippen LogP contribution >= 0.6 is 0 Å². The van der Waals surface area contributed by atoms with E-state index in [0.717, 1.165) is 55.0 Å². The van der Waals surface area contributed by atoms with E-state index in [-0.39, 0.29) is 5.78 Å². The van der Waals surface area contributed by atoms with Crippen LogP contribution in [0.3, 0.4) is 0 Å². The van der Waals surface area contributed by atoms with Crippen LogP contribution in [0, 0.1) is 13.8 Å². The second-order valence-electron chi connectivity index (χ2n) is 6.93. The highest BCUT2D eigenvalue weighted by Crippen LogP contribution is 2.18. The van der Waals surface area contributed by atoms with Gasteiger partial charge >= 0.3 is 0 Å². The Morgan fingerprint density at radius 1 is 1.00 bits per heavy atom. The van der Waals surface area contributed by atoms with Crippen molar-refractivity contribution in [2.24, 2.45) is 0 Å². The zero-order valence-corrected chi connectivity index (χ0v) is 14.9. The summed E-state index contributed by atoms with van der Waals surface area (Å²) in [5, 5.41) is 0. The first-order valence-electron chi connectivity index (χ1n) is 8.65. The van der Waals surface area contributed by atoms with Crippen molar-refractivity contribution in [1.29, 1.82) is 0 Å². The smallest absolute Gasteiger partial charge is 0.193 e. The summed E-state index contributed by atoms with van der Waals surface area (Å²) < 4.78 is 0. The minimum Gasteiger partial charge on any atom is -0.304 e. The summed E-state index contributed by atoms with van der Waals surface area (Å²) in [5.41, 5.74) is 4.98. The number of rotatable bonds is 4. The van der Waals surface area contributed by atoms with Gasteiger partial charge in [-0.2, -0.15) is 0 Å². The van der Waals surface area contributed by atoms with Gasteiger partial charge < -0.3 is 4.90 Å². The molecule has 24 heavy (non-hydrogen) atoms. The lowest BCUT2D eigenvalue weighted by molar-refractivity contribution is 0.103. The topological polar surface area (TPSA) is 23.6 Å². The standard InChI is InChI=1S/C21H26N2O/c1-16-7-8-17(2)20(13-16)21(24)19-6-4-5-18(14-19)15-23-11-9-22(3)10-12-23/h4-8,13-14H,9-12,15H2,1-3H3. The Morgan fingerprint density at radius 3 is 2.50 bits per heavy atom. The summed E-state index contributed by atoms with van der Waals surface area (Å²) in [4.78, 5) is 17.7. The van der Waals surface area contributed by atoms with Crippen molar-refractivity contribution >= 4 is 5.78 Å². The van der Waals surface area contributed by atoms with E-state index < -0.39 is 0 Å². The van der Waals surface area contributed by atoms with Gasteiger partial charge in [-0.05, 0) is 44.2 Å². The quantitative estimate of drug-likeness (QED) is 0.807. The molecule has 0 unspecified atom stereocenters. The van der Waals surface area contributed by atoms with E-state index in [1.165, 1.54) is 5.56 Å². The van der Waals surface area contributed by atoms with Crippen molar-refractivity contribution in [3.05, 3.63) is 70.3 Å². The Labute approximate surface area is 144 Å². The van der Waals surface area contributed by atoms with Gasteiger partial charge in [-0.3, -0.25) is 9.69 Å². The third kappa shape index (κ3) is 3.92. The van der Waals surface area contributed by atoms with Gasteiger partial charge in [-0.15, -0.1) is 0 Å². The Bertz CT molecular complexity index is 730. The fraction of sp³-hybridized carbons (Fsp3) is 0.381. The predicted octanol–water partition coefficient (Wildman–Crippen LogP) is 3.28. The summed E-state index contributed by atoms with van der Waals surface area (Å²) >= 11 is 0. The number of benzene rings is 2. The zero-order valence-electron chi connectivity index (χ0n) is 14.9. The Balaban J connectivity index is 1.77. The highest BCUT2D eigenvalue weighted by Gasteiger charge is 2.16. The molecule has 2 aromatic carbocycles. The van der Waals surface area contributed by atoms with Gasteiger partial charge in [0, 0.05) is 43.9 Å². The first kappa shape index (κ1) is 16.9. The Morgan fingerprint density at radius 2 is 1.75 bits per heavy atom. The molecule has 0 saturated carbocycles. The molecule has 1 aliphatic rings. The molecule has 0 atom stereocenters. The molecule has 3 nitrogen and oxygen atoms in total. The molecular weight excluding hydrogens is 296 g/mol. The lowest BCUT2D eigenvalue weighted by Crippen LogP contribution is -2.43. The van der Waals surface area contributed by atoms with Crippen LogP contribution in [0.25, 0.3) is 0 Å². The fourth-order valence-electron chi connectivity index (χ4n) is 3.21. The van der Waals surface area contributed by atoms with E-state index in [2.05, 4.69) is 35.0 Å². The zero-order chi connectivity index (χ0) is 17.1. The van der Waals surface area contributed by atoms with Gasteiger partial charge in [0.05, 0.1) is 0 Å². The molecular formula is C21H26N2O. The second-order valence-corrected chi connectivity index (χ2v) is 6.93. The van der Waals surface area contributed by atoms with E-state index in [1.807, 2.05) is 38.1 Å². The molecule has 0 aromatic heterocycles. The summed E-state index contributed by atoms with van der Waals surface area (Å²) in [7, 11) is 2.17. The van der Waals surface area contributed by atoms with Crippen LogP contribution in [-0.4, -0.2) is 48.8 Å². The number of nitrogens with zero attached hydrogens (tertiary/aromatic N) is 2. The van der Waals surface area contributed by atoms with Crippen molar-refractivity contribution in [3.8, 4) is 0 Å². The molecule has 0 radical (unpaired) electrons. The molecule has 0 amide bonds. The van der Waals surface area contributed by atoms with E-state index in [0.29, 0.717) is 0 Å². The molecule has 1 heterocycles. The number of likely N-dealkylation sites (N-methyl/N-ethyl adjacent to an activating group) is 1. The van der Waals surface area contributed by atoms with Crippen molar-refractivity contribution in [2.45, 2.75) is 20.4 Å². The van der Waals surface area contributed by atoms with Gasteiger partial charge in [0.2, 0.25) is 0 Å². The van der Waals surface area contributed by atoms with Gasteiger partial charge in [-0.25, -0.2) is 0 Å². The number of ketones is 1. The molecule has 1 aliphatic heterocycles. The van der Waals surface area contributed by atoms with Crippen LogP contribution in [0.2, 0.25) is 0 Å². The van der Waals surface area contributed by atoms with Crippen LogP contribution in [0.1, 0.15) is 32.6 Å². The van der Waals surface area contributed by atoms with Crippen LogP contribution in [0.4, 0.5) is 0 Å². The third-order valence-corrected chi connectivity index (χ3v) is 4.83. The average Bonchev–Trinajstić information content (AvgIpc) is 2.59. The molecule has 0 bridgehead atoms. The third-order valence-electron chi connectivity index (χ3n) is 4.83. The highest BCUT2D eigenvalue weighted by molar-refractivity contribution is 6.10. The van der Waals surface area contributed by atoms with Crippen LogP contribution in [-0.2, 0) is 6.54 Å². The van der Waals surface area contributed by atoms with Crippen molar-refractivity contribution in [2.75, 3.05) is 33.2 Å². The molecule has 3 heteroatoms. The van der Waals surface area contributed by atoms with E-state index >= 15 is 0 Å². The van der Waals surface area contributed by atoms with Crippen molar-refractivity contribution < 1.29 is 4.79 Å². The number of hydrogen-bond acceptors (Lipinski definition) is 3. The Hall–Kier alpha value is -1.97. The largest absolute Gasteiger partial charge is 0.304 e. The summed E-state index contributed by atoms with van der Waals surface area (Å²) in [6, 6.07) is 14.2. The molecule has 0 spiro atoms. The van der Waals surface area contributed by atoms with E-state index in [4.69, 9.17) is 0 Å². The fourth-order valence-corrected chi connectivity index (χ4v) is 3.21. The average molecular weight is 322 g/mol. The molecule has 0 aliphatic carbocycles.